The summed E-state index contributed by atoms with van der Waals surface area (Å²) in [5.41, 5.74) is 1.51. The molecule has 0 radical (unpaired) electrons. The van der Waals surface area contributed by atoms with Gasteiger partial charge in [-0.25, -0.2) is 0 Å². The molecule has 0 aromatic heterocycles. The number of aliphatic hydroxyl groups excluding tert-OH is 1. The Hall–Kier alpha value is -1.88. The molecule has 0 aliphatic rings. The zero-order chi connectivity index (χ0) is 16.8. The molecular formula is C17H26N2O3. The van der Waals surface area contributed by atoms with Gasteiger partial charge in [0.05, 0.1) is 6.10 Å². The Labute approximate surface area is 132 Å². The van der Waals surface area contributed by atoms with E-state index in [4.69, 9.17) is 0 Å². The lowest BCUT2D eigenvalue weighted by Crippen LogP contribution is -2.38. The summed E-state index contributed by atoms with van der Waals surface area (Å²) in [7, 11) is 0. The average molecular weight is 306 g/mol. The van der Waals surface area contributed by atoms with Gasteiger partial charge in [-0.3, -0.25) is 9.59 Å². The van der Waals surface area contributed by atoms with E-state index in [2.05, 4.69) is 10.6 Å². The first-order valence-electron chi connectivity index (χ1n) is 7.60. The lowest BCUT2D eigenvalue weighted by atomic mass is 9.87. The number of hydrogen-bond donors (Lipinski definition) is 3. The van der Waals surface area contributed by atoms with Gasteiger partial charge in [-0.1, -0.05) is 39.8 Å². The Balaban J connectivity index is 2.40. The van der Waals surface area contributed by atoms with Crippen LogP contribution in [0.15, 0.2) is 24.3 Å². The van der Waals surface area contributed by atoms with Crippen molar-refractivity contribution < 1.29 is 14.7 Å². The highest BCUT2D eigenvalue weighted by atomic mass is 16.3. The molecule has 0 saturated heterocycles. The third kappa shape index (κ3) is 5.85. The topological polar surface area (TPSA) is 78.4 Å². The fourth-order valence-electron chi connectivity index (χ4n) is 1.85. The van der Waals surface area contributed by atoms with Crippen molar-refractivity contribution in [1.29, 1.82) is 0 Å². The Bertz CT molecular complexity index is 504. The summed E-state index contributed by atoms with van der Waals surface area (Å²) >= 11 is 0. The molecule has 0 bridgehead atoms. The SMILES string of the molecule is CCc1ccc(NC(=O)C(=O)NCCC(O)C(C)(C)C)cc1. The first-order chi connectivity index (χ1) is 10.2. The van der Waals surface area contributed by atoms with Crippen LogP contribution in [0.3, 0.4) is 0 Å². The summed E-state index contributed by atoms with van der Waals surface area (Å²) in [5.74, 6) is -1.39. The molecule has 2 amide bonds. The lowest BCUT2D eigenvalue weighted by molar-refractivity contribution is -0.136. The highest BCUT2D eigenvalue weighted by Gasteiger charge is 2.22. The fraction of sp³-hybridized carbons (Fsp3) is 0.529. The third-order valence-corrected chi connectivity index (χ3v) is 3.53. The third-order valence-electron chi connectivity index (χ3n) is 3.53. The van der Waals surface area contributed by atoms with Crippen LogP contribution in [-0.4, -0.2) is 29.6 Å². The minimum absolute atomic E-state index is 0.242. The Morgan fingerprint density at radius 2 is 1.73 bits per heavy atom. The number of aryl methyl sites for hydroxylation is 1. The summed E-state index contributed by atoms with van der Waals surface area (Å²) in [5, 5.41) is 14.9. The van der Waals surface area contributed by atoms with Gasteiger partial charge in [0.1, 0.15) is 0 Å². The van der Waals surface area contributed by atoms with E-state index < -0.39 is 17.9 Å². The van der Waals surface area contributed by atoms with E-state index in [0.717, 1.165) is 6.42 Å². The second-order valence-corrected chi connectivity index (χ2v) is 6.43. The van der Waals surface area contributed by atoms with E-state index >= 15 is 0 Å². The number of benzene rings is 1. The standard InChI is InChI=1S/C17H26N2O3/c1-5-12-6-8-13(9-7-12)19-16(22)15(21)18-11-10-14(20)17(2,3)4/h6-9,14,20H,5,10-11H2,1-4H3,(H,18,21)(H,19,22). The molecule has 1 aromatic rings. The lowest BCUT2D eigenvalue weighted by Gasteiger charge is -2.25. The maximum absolute atomic E-state index is 11.8. The predicted molar refractivity (Wildman–Crippen MR) is 87.5 cm³/mol. The van der Waals surface area contributed by atoms with E-state index in [1.54, 1.807) is 12.1 Å². The summed E-state index contributed by atoms with van der Waals surface area (Å²) in [6, 6.07) is 7.36. The zero-order valence-electron chi connectivity index (χ0n) is 13.8. The van der Waals surface area contributed by atoms with Crippen LogP contribution in [0.5, 0.6) is 0 Å². The fourth-order valence-corrected chi connectivity index (χ4v) is 1.85. The molecule has 0 spiro atoms. The average Bonchev–Trinajstić information content (AvgIpc) is 2.46. The van der Waals surface area contributed by atoms with Crippen LogP contribution in [0.1, 0.15) is 39.7 Å². The second kappa shape index (κ2) is 7.94. The molecule has 3 N–H and O–H groups in total. The number of rotatable bonds is 5. The molecule has 0 heterocycles. The molecular weight excluding hydrogens is 280 g/mol. The van der Waals surface area contributed by atoms with Gasteiger partial charge >= 0.3 is 11.8 Å². The van der Waals surface area contributed by atoms with E-state index in [-0.39, 0.29) is 12.0 Å². The van der Waals surface area contributed by atoms with E-state index in [0.29, 0.717) is 12.1 Å². The van der Waals surface area contributed by atoms with E-state index in [1.807, 2.05) is 39.8 Å². The molecule has 5 heteroatoms. The molecule has 0 aliphatic carbocycles. The first kappa shape index (κ1) is 18.2. The number of aliphatic hydroxyl groups is 1. The number of carbonyl (C=O) groups is 2. The van der Waals surface area contributed by atoms with Crippen LogP contribution >= 0.6 is 0 Å². The summed E-state index contributed by atoms with van der Waals surface area (Å²) in [4.78, 5) is 23.5. The van der Waals surface area contributed by atoms with Crippen molar-refractivity contribution in [2.24, 2.45) is 5.41 Å². The molecule has 0 fully saturated rings. The smallest absolute Gasteiger partial charge is 0.313 e. The highest BCUT2D eigenvalue weighted by molar-refractivity contribution is 6.39. The maximum atomic E-state index is 11.8. The molecule has 5 nitrogen and oxygen atoms in total. The normalized spacial score (nSPS) is 12.6. The molecule has 0 saturated carbocycles. The van der Waals surface area contributed by atoms with Gasteiger partial charge in [-0.15, -0.1) is 0 Å². The molecule has 122 valence electrons. The van der Waals surface area contributed by atoms with Gasteiger partial charge in [-0.2, -0.15) is 0 Å². The van der Waals surface area contributed by atoms with Crippen molar-refractivity contribution in [2.45, 2.75) is 46.6 Å². The minimum atomic E-state index is -0.700. The van der Waals surface area contributed by atoms with Crippen LogP contribution in [0, 0.1) is 5.41 Å². The van der Waals surface area contributed by atoms with Crippen LogP contribution in [0.2, 0.25) is 0 Å². The van der Waals surface area contributed by atoms with Gasteiger partial charge in [0, 0.05) is 12.2 Å². The molecule has 1 atom stereocenters. The van der Waals surface area contributed by atoms with E-state index in [9.17, 15) is 14.7 Å². The van der Waals surface area contributed by atoms with Crippen molar-refractivity contribution in [2.75, 3.05) is 11.9 Å². The van der Waals surface area contributed by atoms with Crippen molar-refractivity contribution in [1.82, 2.24) is 5.32 Å². The Kier molecular flexibility index (Phi) is 6.56. The molecule has 0 aliphatic heterocycles. The van der Waals surface area contributed by atoms with Gasteiger partial charge in [0.15, 0.2) is 0 Å². The number of hydrogen-bond acceptors (Lipinski definition) is 3. The number of amides is 2. The van der Waals surface area contributed by atoms with Gasteiger partial charge in [0.25, 0.3) is 0 Å². The number of anilines is 1. The largest absolute Gasteiger partial charge is 0.393 e. The molecule has 1 rings (SSSR count). The molecule has 1 aromatic carbocycles. The monoisotopic (exact) mass is 306 g/mol. The summed E-state index contributed by atoms with van der Waals surface area (Å²) < 4.78 is 0. The highest BCUT2D eigenvalue weighted by Crippen LogP contribution is 2.20. The van der Waals surface area contributed by atoms with Gasteiger partial charge in [-0.05, 0) is 36.0 Å². The van der Waals surface area contributed by atoms with Crippen molar-refractivity contribution in [3.8, 4) is 0 Å². The Morgan fingerprint density at radius 1 is 1.14 bits per heavy atom. The number of nitrogens with one attached hydrogen (secondary N) is 2. The van der Waals surface area contributed by atoms with Crippen LogP contribution in [-0.2, 0) is 16.0 Å². The van der Waals surface area contributed by atoms with Crippen molar-refractivity contribution >= 4 is 17.5 Å². The van der Waals surface area contributed by atoms with Crippen molar-refractivity contribution in [3.05, 3.63) is 29.8 Å². The number of carbonyl (C=O) groups excluding carboxylic acids is 2. The van der Waals surface area contributed by atoms with Gasteiger partial charge < -0.3 is 15.7 Å². The maximum Gasteiger partial charge on any atom is 0.313 e. The zero-order valence-corrected chi connectivity index (χ0v) is 13.8. The second-order valence-electron chi connectivity index (χ2n) is 6.43. The molecule has 1 unspecified atom stereocenters. The van der Waals surface area contributed by atoms with Crippen molar-refractivity contribution in [3.63, 3.8) is 0 Å². The van der Waals surface area contributed by atoms with Crippen LogP contribution < -0.4 is 10.6 Å². The summed E-state index contributed by atoms with van der Waals surface area (Å²) in [6.45, 7) is 8.08. The van der Waals surface area contributed by atoms with E-state index in [1.165, 1.54) is 5.56 Å². The minimum Gasteiger partial charge on any atom is -0.393 e. The Morgan fingerprint density at radius 3 is 2.23 bits per heavy atom. The predicted octanol–water partition coefficient (Wildman–Crippen LogP) is 2.10. The summed E-state index contributed by atoms with van der Waals surface area (Å²) in [6.07, 6.45) is 0.802. The van der Waals surface area contributed by atoms with Crippen LogP contribution in [0.25, 0.3) is 0 Å². The van der Waals surface area contributed by atoms with Gasteiger partial charge in [0.2, 0.25) is 0 Å². The molecule has 22 heavy (non-hydrogen) atoms. The quantitative estimate of drug-likeness (QED) is 0.729. The first-order valence-corrected chi connectivity index (χ1v) is 7.60. The van der Waals surface area contributed by atoms with Crippen LogP contribution in [0.4, 0.5) is 5.69 Å².